The highest BCUT2D eigenvalue weighted by atomic mass is 16.5. The third kappa shape index (κ3) is 2.87. The Hall–Kier alpha value is -1.75. The normalized spacial score (nSPS) is 15.2. The van der Waals surface area contributed by atoms with Gasteiger partial charge in [0.15, 0.2) is 6.61 Å². The average Bonchev–Trinajstić information content (AvgIpc) is 2.21. The van der Waals surface area contributed by atoms with Gasteiger partial charge in [0.05, 0.1) is 6.04 Å². The van der Waals surface area contributed by atoms with Crippen molar-refractivity contribution in [3.63, 3.8) is 0 Å². The van der Waals surface area contributed by atoms with E-state index in [4.69, 9.17) is 10.5 Å². The number of ether oxygens (including phenoxy) is 1. The van der Waals surface area contributed by atoms with Crippen LogP contribution in [-0.2, 0) is 4.79 Å². The molecule has 5 nitrogen and oxygen atoms in total. The van der Waals surface area contributed by atoms with Gasteiger partial charge in [-0.2, -0.15) is 0 Å². The van der Waals surface area contributed by atoms with Crippen molar-refractivity contribution < 1.29 is 9.53 Å². The second-order valence-electron chi connectivity index (χ2n) is 3.78. The van der Waals surface area contributed by atoms with Crippen LogP contribution in [0.4, 0.5) is 5.69 Å². The lowest BCUT2D eigenvalue weighted by Crippen LogP contribution is -2.51. The van der Waals surface area contributed by atoms with Gasteiger partial charge in [0.1, 0.15) is 5.75 Å². The molecule has 1 aromatic rings. The molecule has 0 radical (unpaired) electrons. The summed E-state index contributed by atoms with van der Waals surface area (Å²) in [5.41, 5.74) is 6.00. The molecule has 1 fully saturated rings. The molecule has 0 spiro atoms. The third-order valence-electron chi connectivity index (χ3n) is 2.37. The van der Waals surface area contributed by atoms with Crippen molar-refractivity contribution in [2.45, 2.75) is 6.04 Å². The Morgan fingerprint density at radius 1 is 1.56 bits per heavy atom. The lowest BCUT2D eigenvalue weighted by Gasteiger charge is -2.29. The zero-order chi connectivity index (χ0) is 11.4. The van der Waals surface area contributed by atoms with Crippen molar-refractivity contribution in [2.75, 3.05) is 25.0 Å². The van der Waals surface area contributed by atoms with Gasteiger partial charge in [0.2, 0.25) is 0 Å². The number of benzene rings is 1. The van der Waals surface area contributed by atoms with Crippen LogP contribution >= 0.6 is 0 Å². The largest absolute Gasteiger partial charge is 0.484 e. The van der Waals surface area contributed by atoms with Crippen LogP contribution in [0.2, 0.25) is 0 Å². The van der Waals surface area contributed by atoms with Crippen LogP contribution in [0, 0.1) is 0 Å². The number of carbonyl (C=O) groups excluding carboxylic acids is 1. The SMILES string of the molecule is NC(=O)COc1cccc(NC2CNC2)c1. The van der Waals surface area contributed by atoms with Gasteiger partial charge in [-0.15, -0.1) is 0 Å². The summed E-state index contributed by atoms with van der Waals surface area (Å²) in [5.74, 6) is 0.178. The third-order valence-corrected chi connectivity index (χ3v) is 2.37. The highest BCUT2D eigenvalue weighted by molar-refractivity contribution is 5.75. The number of amides is 1. The van der Waals surface area contributed by atoms with Gasteiger partial charge in [-0.05, 0) is 12.1 Å². The fourth-order valence-electron chi connectivity index (χ4n) is 1.46. The molecule has 1 amide bonds. The van der Waals surface area contributed by atoms with E-state index in [2.05, 4.69) is 10.6 Å². The number of hydrogen-bond donors (Lipinski definition) is 3. The summed E-state index contributed by atoms with van der Waals surface area (Å²) in [4.78, 5) is 10.6. The van der Waals surface area contributed by atoms with Gasteiger partial charge in [-0.25, -0.2) is 0 Å². The Morgan fingerprint density at radius 3 is 3.00 bits per heavy atom. The lowest BCUT2D eigenvalue weighted by molar-refractivity contribution is -0.119. The Kier molecular flexibility index (Phi) is 3.26. The van der Waals surface area contributed by atoms with Crippen molar-refractivity contribution in [2.24, 2.45) is 5.73 Å². The molecule has 0 aromatic heterocycles. The standard InChI is InChI=1S/C11H15N3O2/c12-11(15)7-16-10-3-1-2-8(4-10)14-9-5-13-6-9/h1-4,9,13-14H,5-7H2,(H2,12,15). The zero-order valence-electron chi connectivity index (χ0n) is 8.90. The first-order chi connectivity index (χ1) is 7.74. The van der Waals surface area contributed by atoms with Crippen LogP contribution in [0.25, 0.3) is 0 Å². The number of nitrogens with one attached hydrogen (secondary N) is 2. The molecule has 2 rings (SSSR count). The van der Waals surface area contributed by atoms with Gasteiger partial charge in [-0.1, -0.05) is 6.07 Å². The molecule has 1 heterocycles. The predicted octanol–water partition coefficient (Wildman–Crippen LogP) is -0.0656. The van der Waals surface area contributed by atoms with Crippen molar-refractivity contribution in [3.05, 3.63) is 24.3 Å². The molecule has 4 N–H and O–H groups in total. The summed E-state index contributed by atoms with van der Waals surface area (Å²) in [6.07, 6.45) is 0. The van der Waals surface area contributed by atoms with Crippen molar-refractivity contribution in [1.82, 2.24) is 5.32 Å². The van der Waals surface area contributed by atoms with E-state index in [0.29, 0.717) is 11.8 Å². The van der Waals surface area contributed by atoms with Gasteiger partial charge < -0.3 is 21.1 Å². The fourth-order valence-corrected chi connectivity index (χ4v) is 1.46. The molecule has 0 unspecified atom stereocenters. The quantitative estimate of drug-likeness (QED) is 0.650. The predicted molar refractivity (Wildman–Crippen MR) is 61.4 cm³/mol. The van der Waals surface area contributed by atoms with E-state index in [9.17, 15) is 4.79 Å². The molecule has 86 valence electrons. The van der Waals surface area contributed by atoms with Crippen LogP contribution in [0.1, 0.15) is 0 Å². The van der Waals surface area contributed by atoms with E-state index in [-0.39, 0.29) is 6.61 Å². The minimum Gasteiger partial charge on any atom is -0.484 e. The molecule has 0 saturated carbocycles. The van der Waals surface area contributed by atoms with E-state index >= 15 is 0 Å². The van der Waals surface area contributed by atoms with Crippen molar-refractivity contribution in [3.8, 4) is 5.75 Å². The van der Waals surface area contributed by atoms with E-state index < -0.39 is 5.91 Å². The molecule has 5 heteroatoms. The molecule has 1 aliphatic rings. The Labute approximate surface area is 94.0 Å². The van der Waals surface area contributed by atoms with Crippen LogP contribution in [-0.4, -0.2) is 31.6 Å². The summed E-state index contributed by atoms with van der Waals surface area (Å²) >= 11 is 0. The van der Waals surface area contributed by atoms with Gasteiger partial charge in [0.25, 0.3) is 5.91 Å². The summed E-state index contributed by atoms with van der Waals surface area (Å²) in [5, 5.41) is 6.53. The highest BCUT2D eigenvalue weighted by Gasteiger charge is 2.15. The average molecular weight is 221 g/mol. The highest BCUT2D eigenvalue weighted by Crippen LogP contribution is 2.18. The number of carbonyl (C=O) groups is 1. The van der Waals surface area contributed by atoms with Gasteiger partial charge >= 0.3 is 0 Å². The minimum absolute atomic E-state index is 0.0889. The molecular formula is C11H15N3O2. The molecule has 1 saturated heterocycles. The maximum atomic E-state index is 10.6. The molecule has 1 aromatic carbocycles. The van der Waals surface area contributed by atoms with E-state index in [1.54, 1.807) is 6.07 Å². The van der Waals surface area contributed by atoms with Gasteiger partial charge in [0, 0.05) is 24.8 Å². The van der Waals surface area contributed by atoms with E-state index in [1.165, 1.54) is 0 Å². The first-order valence-corrected chi connectivity index (χ1v) is 5.22. The summed E-state index contributed by atoms with van der Waals surface area (Å²) in [7, 11) is 0. The van der Waals surface area contributed by atoms with Crippen LogP contribution in [0.15, 0.2) is 24.3 Å². The second-order valence-corrected chi connectivity index (χ2v) is 3.78. The topological polar surface area (TPSA) is 76.4 Å². The maximum Gasteiger partial charge on any atom is 0.255 e. The smallest absolute Gasteiger partial charge is 0.255 e. The minimum atomic E-state index is -0.471. The molecule has 1 aliphatic heterocycles. The number of rotatable bonds is 5. The number of anilines is 1. The van der Waals surface area contributed by atoms with Gasteiger partial charge in [-0.3, -0.25) is 4.79 Å². The Bertz CT molecular complexity index is 377. The van der Waals surface area contributed by atoms with Crippen molar-refractivity contribution in [1.29, 1.82) is 0 Å². The number of primary amides is 1. The lowest BCUT2D eigenvalue weighted by atomic mass is 10.1. The molecule has 16 heavy (non-hydrogen) atoms. The van der Waals surface area contributed by atoms with Crippen LogP contribution < -0.4 is 21.1 Å². The van der Waals surface area contributed by atoms with Crippen LogP contribution in [0.3, 0.4) is 0 Å². The summed E-state index contributed by atoms with van der Waals surface area (Å²) in [6, 6.07) is 7.99. The molecular weight excluding hydrogens is 206 g/mol. The van der Waals surface area contributed by atoms with Crippen molar-refractivity contribution >= 4 is 11.6 Å². The summed E-state index contributed by atoms with van der Waals surface area (Å²) in [6.45, 7) is 1.87. The van der Waals surface area contributed by atoms with E-state index in [1.807, 2.05) is 18.2 Å². The Morgan fingerprint density at radius 2 is 2.38 bits per heavy atom. The van der Waals surface area contributed by atoms with E-state index in [0.717, 1.165) is 18.8 Å². The summed E-state index contributed by atoms with van der Waals surface area (Å²) < 4.78 is 5.21. The monoisotopic (exact) mass is 221 g/mol. The fraction of sp³-hybridized carbons (Fsp3) is 0.364. The zero-order valence-corrected chi connectivity index (χ0v) is 8.90. The molecule has 0 atom stereocenters. The number of nitrogens with two attached hydrogens (primary N) is 1. The Balaban J connectivity index is 1.92. The first kappa shape index (κ1) is 10.8. The number of hydrogen-bond acceptors (Lipinski definition) is 4. The maximum absolute atomic E-state index is 10.6. The first-order valence-electron chi connectivity index (χ1n) is 5.22. The second kappa shape index (κ2) is 4.85. The molecule has 0 aliphatic carbocycles. The van der Waals surface area contributed by atoms with Crippen LogP contribution in [0.5, 0.6) is 5.75 Å². The molecule has 0 bridgehead atoms.